The molecule has 0 atom stereocenters. The van der Waals surface area contributed by atoms with Gasteiger partial charge in [0.05, 0.1) is 16.2 Å². The van der Waals surface area contributed by atoms with Crippen molar-refractivity contribution in [3.05, 3.63) is 45.6 Å². The zero-order valence-electron chi connectivity index (χ0n) is 13.3. The van der Waals surface area contributed by atoms with Gasteiger partial charge in [0.1, 0.15) is 5.69 Å². The van der Waals surface area contributed by atoms with E-state index in [0.717, 1.165) is 11.3 Å². The van der Waals surface area contributed by atoms with E-state index in [9.17, 15) is 19.7 Å². The van der Waals surface area contributed by atoms with E-state index in [2.05, 4.69) is 15.6 Å². The number of benzene rings is 1. The van der Waals surface area contributed by atoms with Crippen LogP contribution in [0, 0.1) is 10.1 Å². The third-order valence-corrected chi connectivity index (χ3v) is 3.99. The van der Waals surface area contributed by atoms with Crippen molar-refractivity contribution >= 4 is 39.0 Å². The third kappa shape index (κ3) is 3.93. The lowest BCUT2D eigenvalue weighted by atomic mass is 10.1. The van der Waals surface area contributed by atoms with Gasteiger partial charge in [0, 0.05) is 12.8 Å². The van der Waals surface area contributed by atoms with Gasteiger partial charge < -0.3 is 5.32 Å². The second-order valence-corrected chi connectivity index (χ2v) is 6.28. The average Bonchev–Trinajstić information content (AvgIpc) is 2.91. The van der Waals surface area contributed by atoms with Crippen LogP contribution in [-0.4, -0.2) is 21.7 Å². The van der Waals surface area contributed by atoms with Gasteiger partial charge in [-0.2, -0.15) is 0 Å². The Kier molecular flexibility index (Phi) is 5.24. The van der Waals surface area contributed by atoms with Crippen LogP contribution in [0.2, 0.25) is 0 Å². The second-order valence-electron chi connectivity index (χ2n) is 5.30. The van der Waals surface area contributed by atoms with Crippen molar-refractivity contribution < 1.29 is 14.5 Å². The first-order valence-electron chi connectivity index (χ1n) is 7.12. The normalized spacial score (nSPS) is 10.5. The number of thiazole rings is 1. The van der Waals surface area contributed by atoms with Gasteiger partial charge >= 0.3 is 5.00 Å². The molecule has 1 heterocycles. The summed E-state index contributed by atoms with van der Waals surface area (Å²) in [6.07, 6.45) is 0. The summed E-state index contributed by atoms with van der Waals surface area (Å²) in [5.41, 5.74) is 0.935. The van der Waals surface area contributed by atoms with Gasteiger partial charge in [0.2, 0.25) is 5.91 Å². The summed E-state index contributed by atoms with van der Waals surface area (Å²) in [6.45, 7) is 4.92. The van der Waals surface area contributed by atoms with Crippen molar-refractivity contribution in [2.24, 2.45) is 0 Å². The van der Waals surface area contributed by atoms with Crippen molar-refractivity contribution in [2.45, 2.75) is 26.7 Å². The Labute approximate surface area is 142 Å². The third-order valence-electron chi connectivity index (χ3n) is 3.05. The number of amides is 2. The Morgan fingerprint density at radius 2 is 1.92 bits per heavy atom. The van der Waals surface area contributed by atoms with Crippen LogP contribution in [0.15, 0.2) is 24.3 Å². The molecule has 24 heavy (non-hydrogen) atoms. The van der Waals surface area contributed by atoms with E-state index < -0.39 is 10.8 Å². The molecule has 0 aliphatic carbocycles. The Balaban J connectivity index is 2.29. The first kappa shape index (κ1) is 17.5. The Hall–Kier alpha value is -2.81. The van der Waals surface area contributed by atoms with E-state index in [1.165, 1.54) is 6.92 Å². The minimum absolute atomic E-state index is 0.0875. The number of nitrogens with zero attached hydrogens (tertiary/aromatic N) is 2. The quantitative estimate of drug-likeness (QED) is 0.635. The van der Waals surface area contributed by atoms with Crippen LogP contribution in [-0.2, 0) is 4.79 Å². The Morgan fingerprint density at radius 1 is 1.25 bits per heavy atom. The van der Waals surface area contributed by atoms with Crippen LogP contribution in [0.5, 0.6) is 0 Å². The number of carbonyl (C=O) groups excluding carboxylic acids is 2. The monoisotopic (exact) mass is 348 g/mol. The number of nitrogens with one attached hydrogen (secondary N) is 2. The molecule has 9 heteroatoms. The molecule has 0 unspecified atom stereocenters. The first-order chi connectivity index (χ1) is 11.3. The van der Waals surface area contributed by atoms with Crippen LogP contribution < -0.4 is 10.6 Å². The average molecular weight is 348 g/mol. The van der Waals surface area contributed by atoms with E-state index in [4.69, 9.17) is 0 Å². The van der Waals surface area contributed by atoms with Crippen LogP contribution in [0.25, 0.3) is 0 Å². The van der Waals surface area contributed by atoms with Crippen LogP contribution in [0.4, 0.5) is 15.8 Å². The Morgan fingerprint density at radius 3 is 2.46 bits per heavy atom. The van der Waals surface area contributed by atoms with Gasteiger partial charge in [0.15, 0.2) is 5.13 Å². The van der Waals surface area contributed by atoms with Crippen LogP contribution in [0.1, 0.15) is 42.7 Å². The number of aromatic nitrogens is 1. The van der Waals surface area contributed by atoms with Gasteiger partial charge in [-0.3, -0.25) is 25.0 Å². The molecule has 8 nitrogen and oxygen atoms in total. The summed E-state index contributed by atoms with van der Waals surface area (Å²) < 4.78 is 0. The number of carbonyl (C=O) groups is 2. The maximum atomic E-state index is 12.4. The van der Waals surface area contributed by atoms with E-state index in [0.29, 0.717) is 11.4 Å². The van der Waals surface area contributed by atoms with Gasteiger partial charge in [-0.25, -0.2) is 4.98 Å². The molecule has 0 saturated carbocycles. The predicted molar refractivity (Wildman–Crippen MR) is 91.6 cm³/mol. The fourth-order valence-electron chi connectivity index (χ4n) is 2.03. The number of hydrogen-bond donors (Lipinski definition) is 2. The summed E-state index contributed by atoms with van der Waals surface area (Å²) in [6, 6.07) is 6.49. The van der Waals surface area contributed by atoms with E-state index >= 15 is 0 Å². The minimum Gasteiger partial charge on any atom is -0.326 e. The highest BCUT2D eigenvalue weighted by molar-refractivity contribution is 7.19. The fraction of sp³-hybridized carbons (Fsp3) is 0.267. The first-order valence-corrected chi connectivity index (χ1v) is 7.94. The lowest BCUT2D eigenvalue weighted by Crippen LogP contribution is -2.16. The van der Waals surface area contributed by atoms with E-state index in [1.807, 2.05) is 0 Å². The molecule has 0 bridgehead atoms. The molecule has 0 aliphatic heterocycles. The fourth-order valence-corrected chi connectivity index (χ4v) is 2.96. The number of hydrogen-bond acceptors (Lipinski definition) is 6. The standard InChI is InChI=1S/C15H16N4O4S/c1-8(2)12-14(19(22)23)24-15(17-12)18-13(21)10-6-4-5-7-11(10)16-9(3)20/h4-8H,1-3H3,(H,16,20)(H,17,18,21). The molecule has 1 aromatic carbocycles. The number of nitro groups is 1. The summed E-state index contributed by atoms with van der Waals surface area (Å²) in [5.74, 6) is -0.945. The van der Waals surface area contributed by atoms with E-state index in [-0.39, 0.29) is 27.5 Å². The minimum atomic E-state index is -0.506. The molecule has 2 amide bonds. The largest absolute Gasteiger partial charge is 0.349 e. The van der Waals surface area contributed by atoms with Gasteiger partial charge in [-0.05, 0) is 23.5 Å². The van der Waals surface area contributed by atoms with Gasteiger partial charge in [-0.15, -0.1) is 0 Å². The number of anilines is 2. The second kappa shape index (κ2) is 7.18. The van der Waals surface area contributed by atoms with Crippen LogP contribution >= 0.6 is 11.3 Å². The molecule has 0 spiro atoms. The molecule has 2 aromatic rings. The molecular formula is C15H16N4O4S. The predicted octanol–water partition coefficient (Wildman–Crippen LogP) is 3.39. The van der Waals surface area contributed by atoms with Crippen molar-refractivity contribution in [2.75, 3.05) is 10.6 Å². The maximum Gasteiger partial charge on any atom is 0.349 e. The summed E-state index contributed by atoms with van der Waals surface area (Å²) in [4.78, 5) is 38.4. The van der Waals surface area contributed by atoms with E-state index in [1.54, 1.807) is 38.1 Å². The summed E-state index contributed by atoms with van der Waals surface area (Å²) >= 11 is 0.809. The summed E-state index contributed by atoms with van der Waals surface area (Å²) in [7, 11) is 0. The molecule has 0 fully saturated rings. The lowest BCUT2D eigenvalue weighted by molar-refractivity contribution is -0.381. The molecule has 2 rings (SSSR count). The number of rotatable bonds is 5. The van der Waals surface area contributed by atoms with Crippen molar-refractivity contribution in [1.82, 2.24) is 4.98 Å². The molecular weight excluding hydrogens is 332 g/mol. The maximum absolute atomic E-state index is 12.4. The number of para-hydroxylation sites is 1. The molecule has 0 radical (unpaired) electrons. The lowest BCUT2D eigenvalue weighted by Gasteiger charge is -2.08. The van der Waals surface area contributed by atoms with Crippen molar-refractivity contribution in [1.29, 1.82) is 0 Å². The van der Waals surface area contributed by atoms with Crippen molar-refractivity contribution in [3.63, 3.8) is 0 Å². The SMILES string of the molecule is CC(=O)Nc1ccccc1C(=O)Nc1nc(C(C)C)c([N+](=O)[O-])s1. The highest BCUT2D eigenvalue weighted by atomic mass is 32.1. The summed E-state index contributed by atoms with van der Waals surface area (Å²) in [5, 5.41) is 16.3. The molecule has 1 aromatic heterocycles. The zero-order chi connectivity index (χ0) is 17.9. The van der Waals surface area contributed by atoms with Gasteiger partial charge in [-0.1, -0.05) is 26.0 Å². The zero-order valence-corrected chi connectivity index (χ0v) is 14.1. The smallest absolute Gasteiger partial charge is 0.326 e. The molecule has 0 aliphatic rings. The topological polar surface area (TPSA) is 114 Å². The molecule has 0 saturated heterocycles. The highest BCUT2D eigenvalue weighted by Gasteiger charge is 2.25. The van der Waals surface area contributed by atoms with Crippen molar-refractivity contribution in [3.8, 4) is 0 Å². The molecule has 2 N–H and O–H groups in total. The highest BCUT2D eigenvalue weighted by Crippen LogP contribution is 2.35. The van der Waals surface area contributed by atoms with Crippen LogP contribution in [0.3, 0.4) is 0 Å². The molecule has 126 valence electrons. The Bertz CT molecular complexity index is 801. The van der Waals surface area contributed by atoms with Gasteiger partial charge in [0.25, 0.3) is 5.91 Å².